The van der Waals surface area contributed by atoms with Crippen LogP contribution in [0.2, 0.25) is 5.02 Å². The number of nitrogens with zero attached hydrogens (tertiary/aromatic N) is 2. The van der Waals surface area contributed by atoms with Crippen molar-refractivity contribution in [1.82, 2.24) is 10.2 Å². The summed E-state index contributed by atoms with van der Waals surface area (Å²) in [4.78, 5) is 27.9. The fourth-order valence-electron chi connectivity index (χ4n) is 4.39. The van der Waals surface area contributed by atoms with Gasteiger partial charge in [-0.15, -0.1) is 0 Å². The number of carbonyl (C=O) groups excluding carboxylic acids is 2. The molecule has 0 saturated heterocycles. The lowest BCUT2D eigenvalue weighted by molar-refractivity contribution is -0.139. The lowest BCUT2D eigenvalue weighted by Gasteiger charge is -2.33. The molecule has 1 aliphatic carbocycles. The van der Waals surface area contributed by atoms with E-state index < -0.39 is 40.3 Å². The summed E-state index contributed by atoms with van der Waals surface area (Å²) in [5.41, 5.74) is -0.708. The number of anilines is 1. The summed E-state index contributed by atoms with van der Waals surface area (Å²) < 4.78 is 65.6. The number of rotatable bonds is 9. The minimum atomic E-state index is -4.70. The Bertz CT molecular complexity index is 1230. The molecular formula is C26H31ClF3N3O4S. The summed E-state index contributed by atoms with van der Waals surface area (Å²) in [6.45, 7) is 0.727. The maximum Gasteiger partial charge on any atom is 0.416 e. The van der Waals surface area contributed by atoms with Crippen LogP contribution in [0.4, 0.5) is 18.9 Å². The fraction of sp³-hybridized carbons (Fsp3) is 0.462. The average Bonchev–Trinajstić information content (AvgIpc) is 2.86. The Balaban J connectivity index is 1.90. The molecule has 1 atom stereocenters. The van der Waals surface area contributed by atoms with Gasteiger partial charge in [0.25, 0.3) is 0 Å². The Labute approximate surface area is 226 Å². The number of alkyl halides is 3. The van der Waals surface area contributed by atoms with Crippen LogP contribution < -0.4 is 9.62 Å². The van der Waals surface area contributed by atoms with Crippen molar-refractivity contribution in [2.24, 2.45) is 0 Å². The van der Waals surface area contributed by atoms with Crippen LogP contribution in [0.3, 0.4) is 0 Å². The molecule has 2 aromatic rings. The highest BCUT2D eigenvalue weighted by Crippen LogP contribution is 2.32. The second-order valence-electron chi connectivity index (χ2n) is 9.49. The summed E-state index contributed by atoms with van der Waals surface area (Å²) in [5.74, 6) is -1.13. The second-order valence-corrected chi connectivity index (χ2v) is 11.8. The highest BCUT2D eigenvalue weighted by atomic mass is 35.5. The number of nitrogens with one attached hydrogen (secondary N) is 1. The van der Waals surface area contributed by atoms with Crippen molar-refractivity contribution in [3.8, 4) is 0 Å². The van der Waals surface area contributed by atoms with Gasteiger partial charge in [0.05, 0.1) is 17.5 Å². The summed E-state index contributed by atoms with van der Waals surface area (Å²) in [7, 11) is -4.16. The number of halogens is 4. The first kappa shape index (κ1) is 29.8. The topological polar surface area (TPSA) is 86.8 Å². The third kappa shape index (κ3) is 8.10. The van der Waals surface area contributed by atoms with Crippen LogP contribution in [-0.4, -0.2) is 50.0 Å². The van der Waals surface area contributed by atoms with Gasteiger partial charge in [-0.05, 0) is 55.7 Å². The molecule has 1 aliphatic rings. The van der Waals surface area contributed by atoms with Gasteiger partial charge in [0.2, 0.25) is 21.8 Å². The minimum absolute atomic E-state index is 0.0104. The van der Waals surface area contributed by atoms with E-state index in [1.807, 2.05) is 0 Å². The smallest absolute Gasteiger partial charge is 0.352 e. The molecule has 0 spiro atoms. The van der Waals surface area contributed by atoms with Gasteiger partial charge < -0.3 is 10.2 Å². The molecule has 1 N–H and O–H groups in total. The van der Waals surface area contributed by atoms with E-state index in [1.54, 1.807) is 31.2 Å². The van der Waals surface area contributed by atoms with Gasteiger partial charge in [-0.3, -0.25) is 13.9 Å². The third-order valence-corrected chi connectivity index (χ3v) is 7.92. The molecule has 1 saturated carbocycles. The summed E-state index contributed by atoms with van der Waals surface area (Å²) >= 11 is 5.97. The third-order valence-electron chi connectivity index (χ3n) is 6.53. The van der Waals surface area contributed by atoms with Crippen LogP contribution in [-0.2, 0) is 32.3 Å². The van der Waals surface area contributed by atoms with Gasteiger partial charge in [-0.1, -0.05) is 49.1 Å². The Hall–Kier alpha value is -2.79. The van der Waals surface area contributed by atoms with E-state index in [2.05, 4.69) is 5.32 Å². The second kappa shape index (κ2) is 12.4. The molecule has 0 radical (unpaired) electrons. The number of sulfonamides is 1. The standard InChI is InChI=1S/C26H31ClF3N3O4S/c1-18(25(35)31-22-8-4-3-5-9-22)32(16-19-11-13-21(27)14-12-19)24(34)17-33(38(2,36)37)23-10-6-7-20(15-23)26(28,29)30/h6-7,10-15,18,22H,3-5,8-9,16-17H2,1-2H3,(H,31,35). The van der Waals surface area contributed by atoms with Gasteiger partial charge in [-0.2, -0.15) is 13.2 Å². The molecule has 38 heavy (non-hydrogen) atoms. The molecule has 7 nitrogen and oxygen atoms in total. The monoisotopic (exact) mass is 573 g/mol. The van der Waals surface area contributed by atoms with E-state index in [-0.39, 0.29) is 24.2 Å². The highest BCUT2D eigenvalue weighted by Gasteiger charge is 2.34. The zero-order valence-corrected chi connectivity index (χ0v) is 22.7. The highest BCUT2D eigenvalue weighted by molar-refractivity contribution is 7.92. The summed E-state index contributed by atoms with van der Waals surface area (Å²) in [6, 6.07) is 9.37. The van der Waals surface area contributed by atoms with Crippen molar-refractivity contribution in [2.45, 2.75) is 63.8 Å². The molecule has 0 aliphatic heterocycles. The van der Waals surface area contributed by atoms with Gasteiger partial charge in [0.15, 0.2) is 0 Å². The van der Waals surface area contributed by atoms with Gasteiger partial charge >= 0.3 is 6.18 Å². The van der Waals surface area contributed by atoms with Crippen LogP contribution >= 0.6 is 11.6 Å². The van der Waals surface area contributed by atoms with E-state index in [0.717, 1.165) is 50.5 Å². The van der Waals surface area contributed by atoms with E-state index >= 15 is 0 Å². The van der Waals surface area contributed by atoms with Crippen molar-refractivity contribution in [3.63, 3.8) is 0 Å². The maximum atomic E-state index is 13.6. The van der Waals surface area contributed by atoms with Crippen LogP contribution in [0.5, 0.6) is 0 Å². The Kier molecular flexibility index (Phi) is 9.69. The fourth-order valence-corrected chi connectivity index (χ4v) is 5.36. The molecular weight excluding hydrogens is 543 g/mol. The molecule has 12 heteroatoms. The quantitative estimate of drug-likeness (QED) is 0.458. The Morgan fingerprint density at radius 2 is 1.71 bits per heavy atom. The van der Waals surface area contributed by atoms with Crippen molar-refractivity contribution in [3.05, 3.63) is 64.7 Å². The van der Waals surface area contributed by atoms with Crippen LogP contribution in [0, 0.1) is 0 Å². The number of benzene rings is 2. The molecule has 3 rings (SSSR count). The molecule has 0 bridgehead atoms. The predicted molar refractivity (Wildman–Crippen MR) is 140 cm³/mol. The van der Waals surface area contributed by atoms with E-state index in [9.17, 15) is 31.2 Å². The first-order valence-corrected chi connectivity index (χ1v) is 14.5. The molecule has 2 amide bonds. The number of amides is 2. The van der Waals surface area contributed by atoms with E-state index in [0.29, 0.717) is 21.0 Å². The van der Waals surface area contributed by atoms with Crippen LogP contribution in [0.15, 0.2) is 48.5 Å². The minimum Gasteiger partial charge on any atom is -0.352 e. The van der Waals surface area contributed by atoms with Gasteiger partial charge in [0.1, 0.15) is 12.6 Å². The summed E-state index contributed by atoms with van der Waals surface area (Å²) in [5, 5.41) is 3.45. The van der Waals surface area contributed by atoms with E-state index in [1.165, 1.54) is 11.0 Å². The first-order chi connectivity index (χ1) is 17.8. The predicted octanol–water partition coefficient (Wildman–Crippen LogP) is 4.99. The zero-order chi connectivity index (χ0) is 28.1. The zero-order valence-electron chi connectivity index (χ0n) is 21.2. The molecule has 0 aromatic heterocycles. The number of hydrogen-bond donors (Lipinski definition) is 1. The first-order valence-electron chi connectivity index (χ1n) is 12.2. The molecule has 1 unspecified atom stereocenters. The molecule has 208 valence electrons. The summed E-state index contributed by atoms with van der Waals surface area (Å²) in [6.07, 6.45) is 0.862. The lowest BCUT2D eigenvalue weighted by atomic mass is 9.95. The number of hydrogen-bond acceptors (Lipinski definition) is 4. The maximum absolute atomic E-state index is 13.6. The van der Waals surface area contributed by atoms with Crippen molar-refractivity contribution in [1.29, 1.82) is 0 Å². The van der Waals surface area contributed by atoms with Crippen molar-refractivity contribution in [2.75, 3.05) is 17.1 Å². The SMILES string of the molecule is CC(C(=O)NC1CCCCC1)N(Cc1ccc(Cl)cc1)C(=O)CN(c1cccc(C(F)(F)F)c1)S(C)(=O)=O. The van der Waals surface area contributed by atoms with Gasteiger partial charge in [0, 0.05) is 17.6 Å². The van der Waals surface area contributed by atoms with Crippen molar-refractivity contribution >= 4 is 39.1 Å². The van der Waals surface area contributed by atoms with Crippen molar-refractivity contribution < 1.29 is 31.2 Å². The largest absolute Gasteiger partial charge is 0.416 e. The Morgan fingerprint density at radius 1 is 1.08 bits per heavy atom. The average molecular weight is 574 g/mol. The lowest BCUT2D eigenvalue weighted by Crippen LogP contribution is -2.53. The van der Waals surface area contributed by atoms with Crippen LogP contribution in [0.1, 0.15) is 50.2 Å². The van der Waals surface area contributed by atoms with Crippen LogP contribution in [0.25, 0.3) is 0 Å². The molecule has 0 heterocycles. The van der Waals surface area contributed by atoms with E-state index in [4.69, 9.17) is 11.6 Å². The molecule has 1 fully saturated rings. The number of carbonyl (C=O) groups is 2. The Morgan fingerprint density at radius 3 is 2.29 bits per heavy atom. The molecule has 2 aromatic carbocycles. The van der Waals surface area contributed by atoms with Gasteiger partial charge in [-0.25, -0.2) is 8.42 Å². The normalized spacial score (nSPS) is 15.5.